The summed E-state index contributed by atoms with van der Waals surface area (Å²) in [6, 6.07) is 8.82. The van der Waals surface area contributed by atoms with E-state index >= 15 is 0 Å². The van der Waals surface area contributed by atoms with Crippen LogP contribution in [0, 0.1) is 10.1 Å². The Morgan fingerprint density at radius 3 is 2.62 bits per heavy atom. The second-order valence-corrected chi connectivity index (χ2v) is 4.37. The molecule has 0 saturated heterocycles. The Labute approximate surface area is 119 Å². The van der Waals surface area contributed by atoms with Crippen molar-refractivity contribution in [2.75, 3.05) is 7.11 Å². The zero-order valence-electron chi connectivity index (χ0n) is 11.1. The fourth-order valence-corrected chi connectivity index (χ4v) is 2.01. The molecule has 110 valence electrons. The molecule has 1 aromatic heterocycles. The first kappa shape index (κ1) is 14.7. The van der Waals surface area contributed by atoms with Crippen molar-refractivity contribution in [2.24, 2.45) is 0 Å². The Balaban J connectivity index is 2.45. The summed E-state index contributed by atoms with van der Waals surface area (Å²) in [6.07, 6.45) is 0.960. The molecule has 0 bridgehead atoms. The summed E-state index contributed by atoms with van der Waals surface area (Å²) in [5.74, 6) is -1.79. The van der Waals surface area contributed by atoms with Gasteiger partial charge in [-0.25, -0.2) is 14.8 Å². The number of ether oxygens (including phenoxy) is 1. The highest BCUT2D eigenvalue weighted by Gasteiger charge is 2.46. The highest BCUT2D eigenvalue weighted by atomic mass is 16.6. The molecule has 2 N–H and O–H groups in total. The molecule has 21 heavy (non-hydrogen) atoms. The summed E-state index contributed by atoms with van der Waals surface area (Å²) in [7, 11) is 1.23. The lowest BCUT2D eigenvalue weighted by atomic mass is 9.93. The minimum Gasteiger partial charge on any atom is -0.479 e. The van der Waals surface area contributed by atoms with E-state index in [1.165, 1.54) is 7.11 Å². The Kier molecular flexibility index (Phi) is 3.99. The summed E-state index contributed by atoms with van der Waals surface area (Å²) in [6.45, 7) is 0. The average Bonchev–Trinajstić information content (AvgIpc) is 2.96. The zero-order valence-corrected chi connectivity index (χ0v) is 11.1. The molecule has 0 spiro atoms. The summed E-state index contributed by atoms with van der Waals surface area (Å²) < 4.78 is 5.17. The molecule has 1 aromatic carbocycles. The lowest BCUT2D eigenvalue weighted by Gasteiger charge is -2.23. The van der Waals surface area contributed by atoms with Crippen LogP contribution in [0.1, 0.15) is 11.4 Å². The summed E-state index contributed by atoms with van der Waals surface area (Å²) >= 11 is 0. The Hall–Kier alpha value is -2.74. The number of H-pyrrole nitrogens is 1. The van der Waals surface area contributed by atoms with Gasteiger partial charge < -0.3 is 20.0 Å². The third kappa shape index (κ3) is 2.75. The fraction of sp³-hybridized carbons (Fsp3) is 0.231. The van der Waals surface area contributed by atoms with E-state index in [9.17, 15) is 20.0 Å². The second kappa shape index (κ2) is 5.71. The van der Waals surface area contributed by atoms with Crippen molar-refractivity contribution in [1.82, 2.24) is 9.97 Å². The Morgan fingerprint density at radius 1 is 1.48 bits per heavy atom. The number of carbonyl (C=O) groups is 1. The van der Waals surface area contributed by atoms with Crippen molar-refractivity contribution in [1.29, 1.82) is 0 Å². The average molecular weight is 291 g/mol. The number of aromatic nitrogens is 2. The van der Waals surface area contributed by atoms with Crippen LogP contribution in [0.15, 0.2) is 36.5 Å². The largest absolute Gasteiger partial charge is 0.479 e. The minimum absolute atomic E-state index is 0.00958. The maximum atomic E-state index is 11.7. The maximum Gasteiger partial charge on any atom is 0.346 e. The van der Waals surface area contributed by atoms with Crippen LogP contribution in [-0.4, -0.2) is 33.1 Å². The number of aliphatic carboxylic acids is 1. The highest BCUT2D eigenvalue weighted by Crippen LogP contribution is 2.29. The molecule has 2 aromatic rings. The number of carboxylic acid groups (broad SMARTS) is 1. The van der Waals surface area contributed by atoms with Gasteiger partial charge in [0.25, 0.3) is 0 Å². The molecule has 1 heterocycles. The molecular formula is C13H13N3O5. The molecule has 8 nitrogen and oxygen atoms in total. The summed E-state index contributed by atoms with van der Waals surface area (Å²) in [4.78, 5) is 27.9. The van der Waals surface area contributed by atoms with Gasteiger partial charge in [-0.1, -0.05) is 30.3 Å². The van der Waals surface area contributed by atoms with E-state index in [0.29, 0.717) is 5.56 Å². The molecule has 2 rings (SSSR count). The Bertz CT molecular complexity index is 655. The van der Waals surface area contributed by atoms with Gasteiger partial charge in [0.2, 0.25) is 11.4 Å². The number of benzene rings is 1. The van der Waals surface area contributed by atoms with E-state index < -0.39 is 16.5 Å². The topological polar surface area (TPSA) is 118 Å². The lowest BCUT2D eigenvalue weighted by molar-refractivity contribution is -0.389. The van der Waals surface area contributed by atoms with Crippen molar-refractivity contribution in [3.63, 3.8) is 0 Å². The van der Waals surface area contributed by atoms with Crippen molar-refractivity contribution < 1.29 is 19.6 Å². The van der Waals surface area contributed by atoms with Gasteiger partial charge >= 0.3 is 11.8 Å². The first-order valence-electron chi connectivity index (χ1n) is 6.02. The molecule has 0 aliphatic rings. The van der Waals surface area contributed by atoms with Crippen molar-refractivity contribution >= 4 is 11.8 Å². The quantitative estimate of drug-likeness (QED) is 0.614. The van der Waals surface area contributed by atoms with Crippen molar-refractivity contribution in [3.8, 4) is 0 Å². The van der Waals surface area contributed by atoms with Gasteiger partial charge in [0.15, 0.2) is 0 Å². The van der Waals surface area contributed by atoms with Crippen LogP contribution < -0.4 is 0 Å². The molecule has 8 heteroatoms. The van der Waals surface area contributed by atoms with Crippen LogP contribution in [-0.2, 0) is 21.6 Å². The number of imidazole rings is 1. The van der Waals surface area contributed by atoms with Gasteiger partial charge in [-0.2, -0.15) is 0 Å². The number of methoxy groups -OCH3 is 1. The van der Waals surface area contributed by atoms with Crippen LogP contribution in [0.3, 0.4) is 0 Å². The summed E-state index contributed by atoms with van der Waals surface area (Å²) in [5, 5.41) is 20.2. The van der Waals surface area contributed by atoms with E-state index in [0.717, 1.165) is 6.20 Å². The molecular weight excluding hydrogens is 278 g/mol. The van der Waals surface area contributed by atoms with Gasteiger partial charge in [0.05, 0.1) is 0 Å². The van der Waals surface area contributed by atoms with Crippen LogP contribution >= 0.6 is 0 Å². The third-order valence-electron chi connectivity index (χ3n) is 3.13. The van der Waals surface area contributed by atoms with Crippen molar-refractivity contribution in [3.05, 3.63) is 58.0 Å². The van der Waals surface area contributed by atoms with Crippen LogP contribution in [0.4, 0.5) is 5.82 Å². The van der Waals surface area contributed by atoms with Crippen LogP contribution in [0.2, 0.25) is 0 Å². The number of rotatable bonds is 6. The van der Waals surface area contributed by atoms with E-state index in [-0.39, 0.29) is 18.1 Å². The molecule has 0 amide bonds. The fourth-order valence-electron chi connectivity index (χ4n) is 2.01. The molecule has 0 aliphatic heterocycles. The predicted octanol–water partition coefficient (Wildman–Crippen LogP) is 1.49. The van der Waals surface area contributed by atoms with E-state index in [1.54, 1.807) is 30.3 Å². The normalized spacial score (nSPS) is 13.6. The van der Waals surface area contributed by atoms with Crippen LogP contribution in [0.5, 0.6) is 0 Å². The van der Waals surface area contributed by atoms with E-state index in [2.05, 4.69) is 9.97 Å². The van der Waals surface area contributed by atoms with Gasteiger partial charge in [-0.3, -0.25) is 0 Å². The Morgan fingerprint density at radius 2 is 2.14 bits per heavy atom. The van der Waals surface area contributed by atoms with Gasteiger partial charge in [-0.15, -0.1) is 0 Å². The molecule has 0 radical (unpaired) electrons. The SMILES string of the molecule is COC(Cc1ccccc1)(C(=O)O)c1ncc([N+](=O)[O-])[nH]1. The number of carboxylic acids is 1. The smallest absolute Gasteiger partial charge is 0.346 e. The first-order chi connectivity index (χ1) is 9.99. The monoisotopic (exact) mass is 291 g/mol. The number of hydrogen-bond acceptors (Lipinski definition) is 5. The number of nitrogens with one attached hydrogen (secondary N) is 1. The molecule has 0 fully saturated rings. The number of nitrogens with zero attached hydrogens (tertiary/aromatic N) is 2. The highest BCUT2D eigenvalue weighted by molar-refractivity contribution is 5.79. The minimum atomic E-state index is -1.81. The van der Waals surface area contributed by atoms with E-state index in [1.807, 2.05) is 0 Å². The number of hydrogen-bond donors (Lipinski definition) is 2. The molecule has 0 saturated carbocycles. The van der Waals surface area contributed by atoms with Crippen molar-refractivity contribution in [2.45, 2.75) is 12.0 Å². The lowest BCUT2D eigenvalue weighted by Crippen LogP contribution is -2.41. The predicted molar refractivity (Wildman–Crippen MR) is 71.7 cm³/mol. The maximum absolute atomic E-state index is 11.7. The van der Waals surface area contributed by atoms with Gasteiger partial charge in [-0.05, 0) is 10.5 Å². The standard InChI is InChI=1S/C13H13N3O5/c1-21-13(12(17)18,7-9-5-3-2-4-6-9)11-14-8-10(15-11)16(19)20/h2-6,8H,7H2,1H3,(H,14,15)(H,17,18). The summed E-state index contributed by atoms with van der Waals surface area (Å²) in [5.41, 5.74) is -1.10. The third-order valence-corrected chi connectivity index (χ3v) is 3.13. The van der Waals surface area contributed by atoms with Gasteiger partial charge in [0.1, 0.15) is 6.20 Å². The molecule has 1 atom stereocenters. The van der Waals surface area contributed by atoms with E-state index in [4.69, 9.17) is 4.74 Å². The number of nitro groups is 1. The second-order valence-electron chi connectivity index (χ2n) is 4.37. The van der Waals surface area contributed by atoms with Crippen LogP contribution in [0.25, 0.3) is 0 Å². The van der Waals surface area contributed by atoms with Gasteiger partial charge in [0, 0.05) is 13.5 Å². The first-order valence-corrected chi connectivity index (χ1v) is 6.02. The zero-order chi connectivity index (χ0) is 15.5. The molecule has 1 unspecified atom stereocenters. The number of aromatic amines is 1. The molecule has 0 aliphatic carbocycles.